The highest BCUT2D eigenvalue weighted by Gasteiger charge is 2.29. The zero-order valence-corrected chi connectivity index (χ0v) is 15.3. The van der Waals surface area contributed by atoms with E-state index in [9.17, 15) is 13.2 Å². The lowest BCUT2D eigenvalue weighted by molar-refractivity contribution is 0.101. The molecule has 1 saturated heterocycles. The minimum absolute atomic E-state index is 0.0928. The molecule has 0 N–H and O–H groups in total. The van der Waals surface area contributed by atoms with E-state index >= 15 is 0 Å². The van der Waals surface area contributed by atoms with Crippen LogP contribution in [0.25, 0.3) is 0 Å². The molecule has 1 aliphatic heterocycles. The fourth-order valence-corrected chi connectivity index (χ4v) is 4.42. The molecule has 1 aromatic heterocycles. The lowest BCUT2D eigenvalue weighted by Crippen LogP contribution is -2.49. The van der Waals surface area contributed by atoms with Gasteiger partial charge in [-0.05, 0) is 31.2 Å². The molecule has 2 heterocycles. The zero-order valence-electron chi connectivity index (χ0n) is 13.7. The van der Waals surface area contributed by atoms with E-state index in [4.69, 9.17) is 11.6 Å². The minimum atomic E-state index is -3.58. The van der Waals surface area contributed by atoms with Gasteiger partial charge in [0.2, 0.25) is 10.0 Å². The van der Waals surface area contributed by atoms with Gasteiger partial charge in [0.05, 0.1) is 9.92 Å². The SMILES string of the molecule is CC(=O)c1ccc(S(=O)(=O)N2CCN(c3ncccc3Cl)CC2)cc1. The molecule has 0 atom stereocenters. The van der Waals surface area contributed by atoms with Crippen LogP contribution in [0.4, 0.5) is 5.82 Å². The Hall–Kier alpha value is -1.96. The Bertz CT molecular complexity index is 876. The summed E-state index contributed by atoms with van der Waals surface area (Å²) in [6.07, 6.45) is 1.67. The van der Waals surface area contributed by atoms with Gasteiger partial charge in [-0.2, -0.15) is 4.31 Å². The summed E-state index contributed by atoms with van der Waals surface area (Å²) in [5.74, 6) is 0.580. The predicted octanol–water partition coefficient (Wildman–Crippen LogP) is 2.45. The normalized spacial score (nSPS) is 16.0. The van der Waals surface area contributed by atoms with Crippen molar-refractivity contribution >= 4 is 33.2 Å². The molecule has 0 spiro atoms. The molecule has 8 heteroatoms. The third-order valence-corrected chi connectivity index (χ3v) is 6.38. The Balaban J connectivity index is 1.73. The van der Waals surface area contributed by atoms with Crippen LogP contribution in [0.5, 0.6) is 0 Å². The highest BCUT2D eigenvalue weighted by atomic mass is 35.5. The topological polar surface area (TPSA) is 70.6 Å². The largest absolute Gasteiger partial charge is 0.353 e. The van der Waals surface area contributed by atoms with Crippen LogP contribution in [-0.4, -0.2) is 49.7 Å². The first-order valence-electron chi connectivity index (χ1n) is 7.86. The second kappa shape index (κ2) is 7.11. The number of sulfonamides is 1. The van der Waals surface area contributed by atoms with Gasteiger partial charge in [-0.3, -0.25) is 4.79 Å². The van der Waals surface area contributed by atoms with Crippen molar-refractivity contribution in [2.24, 2.45) is 0 Å². The van der Waals surface area contributed by atoms with Gasteiger partial charge < -0.3 is 4.90 Å². The van der Waals surface area contributed by atoms with Crippen molar-refractivity contribution in [2.45, 2.75) is 11.8 Å². The number of hydrogen-bond donors (Lipinski definition) is 0. The number of anilines is 1. The predicted molar refractivity (Wildman–Crippen MR) is 96.7 cm³/mol. The minimum Gasteiger partial charge on any atom is -0.353 e. The Kier molecular flexibility index (Phi) is 5.08. The van der Waals surface area contributed by atoms with Crippen molar-refractivity contribution in [3.63, 3.8) is 0 Å². The summed E-state index contributed by atoms with van der Waals surface area (Å²) in [6.45, 7) is 3.18. The molecule has 132 valence electrons. The highest BCUT2D eigenvalue weighted by Crippen LogP contribution is 2.25. The molecule has 0 amide bonds. The van der Waals surface area contributed by atoms with Gasteiger partial charge in [-0.1, -0.05) is 23.7 Å². The molecule has 1 aromatic carbocycles. The number of pyridine rings is 1. The summed E-state index contributed by atoms with van der Waals surface area (Å²) in [6, 6.07) is 9.57. The maximum Gasteiger partial charge on any atom is 0.243 e. The Morgan fingerprint density at radius 2 is 1.72 bits per heavy atom. The van der Waals surface area contributed by atoms with Gasteiger partial charge in [0.15, 0.2) is 5.78 Å². The molecular weight excluding hydrogens is 362 g/mol. The third-order valence-electron chi connectivity index (χ3n) is 4.18. The molecular formula is C17H18ClN3O3S. The number of piperazine rings is 1. The molecule has 0 unspecified atom stereocenters. The van der Waals surface area contributed by atoms with Crippen molar-refractivity contribution in [1.82, 2.24) is 9.29 Å². The van der Waals surface area contributed by atoms with Crippen molar-refractivity contribution in [1.29, 1.82) is 0 Å². The van der Waals surface area contributed by atoms with Gasteiger partial charge >= 0.3 is 0 Å². The van der Waals surface area contributed by atoms with Gasteiger partial charge in [0.25, 0.3) is 0 Å². The number of halogens is 1. The maximum atomic E-state index is 12.8. The first-order chi connectivity index (χ1) is 11.9. The number of ketones is 1. The number of nitrogens with zero attached hydrogens (tertiary/aromatic N) is 3. The van der Waals surface area contributed by atoms with Gasteiger partial charge in [-0.25, -0.2) is 13.4 Å². The molecule has 25 heavy (non-hydrogen) atoms. The van der Waals surface area contributed by atoms with E-state index in [0.29, 0.717) is 42.6 Å². The molecule has 0 radical (unpaired) electrons. The molecule has 6 nitrogen and oxygen atoms in total. The summed E-state index contributed by atoms with van der Waals surface area (Å²) in [4.78, 5) is 17.8. The van der Waals surface area contributed by atoms with Crippen molar-refractivity contribution in [3.05, 3.63) is 53.2 Å². The van der Waals surface area contributed by atoms with Gasteiger partial charge in [-0.15, -0.1) is 0 Å². The second-order valence-corrected chi connectivity index (χ2v) is 8.13. The quantitative estimate of drug-likeness (QED) is 0.763. The van der Waals surface area contributed by atoms with E-state index < -0.39 is 10.0 Å². The molecule has 1 aliphatic rings. The van der Waals surface area contributed by atoms with E-state index in [0.717, 1.165) is 0 Å². The molecule has 2 aromatic rings. The standard InChI is InChI=1S/C17H18ClN3O3S/c1-13(22)14-4-6-15(7-5-14)25(23,24)21-11-9-20(10-12-21)17-16(18)3-2-8-19-17/h2-8H,9-12H2,1H3. The number of rotatable bonds is 4. The summed E-state index contributed by atoms with van der Waals surface area (Å²) in [5, 5.41) is 0.554. The summed E-state index contributed by atoms with van der Waals surface area (Å²) in [7, 11) is -3.58. The highest BCUT2D eigenvalue weighted by molar-refractivity contribution is 7.89. The fraction of sp³-hybridized carbons (Fsp3) is 0.294. The number of aromatic nitrogens is 1. The van der Waals surface area contributed by atoms with Crippen LogP contribution < -0.4 is 4.90 Å². The van der Waals surface area contributed by atoms with Crippen LogP contribution >= 0.6 is 11.6 Å². The fourth-order valence-electron chi connectivity index (χ4n) is 2.76. The number of hydrogen-bond acceptors (Lipinski definition) is 5. The Morgan fingerprint density at radius 3 is 2.28 bits per heavy atom. The van der Waals surface area contributed by atoms with Crippen LogP contribution in [0, 0.1) is 0 Å². The number of carbonyl (C=O) groups excluding carboxylic acids is 1. The van der Waals surface area contributed by atoms with Crippen molar-refractivity contribution < 1.29 is 13.2 Å². The van der Waals surface area contributed by atoms with E-state index in [1.54, 1.807) is 30.5 Å². The number of carbonyl (C=O) groups is 1. The molecule has 0 aliphatic carbocycles. The van der Waals surface area contributed by atoms with Crippen LogP contribution in [0.3, 0.4) is 0 Å². The van der Waals surface area contributed by atoms with E-state index in [2.05, 4.69) is 4.98 Å². The number of Topliss-reactive ketones (excluding diaryl/α,β-unsaturated/α-hetero) is 1. The Morgan fingerprint density at radius 1 is 1.08 bits per heavy atom. The summed E-state index contributed by atoms with van der Waals surface area (Å²) in [5.41, 5.74) is 0.494. The molecule has 0 bridgehead atoms. The lowest BCUT2D eigenvalue weighted by atomic mass is 10.2. The molecule has 1 fully saturated rings. The van der Waals surface area contributed by atoms with Crippen LogP contribution in [-0.2, 0) is 10.0 Å². The average molecular weight is 380 g/mol. The first-order valence-corrected chi connectivity index (χ1v) is 9.68. The summed E-state index contributed by atoms with van der Waals surface area (Å²) >= 11 is 6.16. The van der Waals surface area contributed by atoms with Gasteiger partial charge in [0, 0.05) is 37.9 Å². The summed E-state index contributed by atoms with van der Waals surface area (Å²) < 4.78 is 27.0. The maximum absolute atomic E-state index is 12.8. The van der Waals surface area contributed by atoms with E-state index in [-0.39, 0.29) is 10.7 Å². The van der Waals surface area contributed by atoms with E-state index in [1.165, 1.54) is 23.4 Å². The monoisotopic (exact) mass is 379 g/mol. The number of benzene rings is 1. The van der Waals surface area contributed by atoms with Crippen molar-refractivity contribution in [2.75, 3.05) is 31.1 Å². The third kappa shape index (κ3) is 3.68. The van der Waals surface area contributed by atoms with Gasteiger partial charge in [0.1, 0.15) is 5.82 Å². The average Bonchev–Trinajstić information content (AvgIpc) is 2.62. The van der Waals surface area contributed by atoms with Crippen molar-refractivity contribution in [3.8, 4) is 0 Å². The molecule has 3 rings (SSSR count). The smallest absolute Gasteiger partial charge is 0.243 e. The molecule has 0 saturated carbocycles. The van der Waals surface area contributed by atoms with Crippen LogP contribution in [0.1, 0.15) is 17.3 Å². The lowest BCUT2D eigenvalue weighted by Gasteiger charge is -2.35. The van der Waals surface area contributed by atoms with Crippen LogP contribution in [0.2, 0.25) is 5.02 Å². The first kappa shape index (κ1) is 17.8. The second-order valence-electron chi connectivity index (χ2n) is 5.78. The van der Waals surface area contributed by atoms with E-state index in [1.807, 2.05) is 4.90 Å². The Labute approximate surface area is 152 Å². The van der Waals surface area contributed by atoms with Crippen LogP contribution in [0.15, 0.2) is 47.5 Å². The zero-order chi connectivity index (χ0) is 18.0.